The van der Waals surface area contributed by atoms with Gasteiger partial charge in [0.1, 0.15) is 0 Å². The van der Waals surface area contributed by atoms with E-state index < -0.39 is 16.1 Å². The molecular weight excluding hydrogens is 370 g/mol. The lowest BCUT2D eigenvalue weighted by atomic mass is 9.95. The molecule has 8 heteroatoms. The number of H-pyrrole nitrogens is 1. The molecule has 0 saturated heterocycles. The minimum Gasteiger partial charge on any atom is -0.469 e. The van der Waals surface area contributed by atoms with Gasteiger partial charge >= 0.3 is 5.97 Å². The number of carbonyl (C=O) groups is 1. The number of nitrogens with one attached hydrogen (secondary N) is 1. The van der Waals surface area contributed by atoms with Gasteiger partial charge in [0.2, 0.25) is 0 Å². The van der Waals surface area contributed by atoms with Crippen LogP contribution in [0.5, 0.6) is 0 Å². The van der Waals surface area contributed by atoms with Gasteiger partial charge in [-0.25, -0.2) is 0 Å². The zero-order chi connectivity index (χ0) is 19.6. The Morgan fingerprint density at radius 2 is 1.74 bits per heavy atom. The molecule has 0 bridgehead atoms. The van der Waals surface area contributed by atoms with E-state index in [2.05, 4.69) is 4.98 Å². The van der Waals surface area contributed by atoms with Gasteiger partial charge in [-0.15, -0.1) is 0 Å². The fraction of sp³-hybridized carbons (Fsp3) is 0.158. The van der Waals surface area contributed by atoms with E-state index in [1.165, 1.54) is 31.4 Å². The van der Waals surface area contributed by atoms with Crippen LogP contribution in [0.4, 0.5) is 0 Å². The van der Waals surface area contributed by atoms with E-state index in [4.69, 9.17) is 9.29 Å². The van der Waals surface area contributed by atoms with Crippen molar-refractivity contribution < 1.29 is 22.5 Å². The van der Waals surface area contributed by atoms with Gasteiger partial charge < -0.3 is 9.72 Å². The van der Waals surface area contributed by atoms with Crippen LogP contribution in [0.3, 0.4) is 0 Å². The molecule has 0 aliphatic rings. The first-order valence-electron chi connectivity index (χ1n) is 8.05. The molecule has 3 aromatic rings. The SMILES string of the molecule is COC(=O)Cc1c(Cc2ccc(S(=O)(=O)O)cc2)c(=O)[nH]c2ccccc12. The van der Waals surface area contributed by atoms with Crippen molar-refractivity contribution in [3.63, 3.8) is 0 Å². The largest absolute Gasteiger partial charge is 0.469 e. The topological polar surface area (TPSA) is 114 Å². The maximum Gasteiger partial charge on any atom is 0.310 e. The van der Waals surface area contributed by atoms with Crippen LogP contribution in [-0.2, 0) is 32.5 Å². The van der Waals surface area contributed by atoms with Gasteiger partial charge in [0, 0.05) is 22.9 Å². The van der Waals surface area contributed by atoms with Gasteiger partial charge in [-0.1, -0.05) is 30.3 Å². The minimum atomic E-state index is -4.29. The molecule has 0 aliphatic carbocycles. The van der Waals surface area contributed by atoms with Crippen molar-refractivity contribution in [2.45, 2.75) is 17.7 Å². The molecule has 0 fully saturated rings. The smallest absolute Gasteiger partial charge is 0.310 e. The maximum absolute atomic E-state index is 12.6. The maximum atomic E-state index is 12.6. The third-order valence-corrected chi connectivity index (χ3v) is 5.16. The number of aromatic amines is 1. The molecule has 2 aromatic carbocycles. The minimum absolute atomic E-state index is 0.0562. The van der Waals surface area contributed by atoms with Crippen LogP contribution in [0.25, 0.3) is 10.9 Å². The summed E-state index contributed by atoms with van der Waals surface area (Å²) in [7, 11) is -3.00. The molecule has 7 nitrogen and oxygen atoms in total. The predicted octanol–water partition coefficient (Wildman–Crippen LogP) is 2.08. The molecule has 0 saturated carbocycles. The fourth-order valence-electron chi connectivity index (χ4n) is 2.94. The molecule has 27 heavy (non-hydrogen) atoms. The van der Waals surface area contributed by atoms with E-state index in [-0.39, 0.29) is 23.3 Å². The average Bonchev–Trinajstić information content (AvgIpc) is 2.64. The van der Waals surface area contributed by atoms with Crippen LogP contribution in [0.1, 0.15) is 16.7 Å². The summed E-state index contributed by atoms with van der Waals surface area (Å²) < 4.78 is 36.1. The second-order valence-electron chi connectivity index (χ2n) is 6.01. The first-order chi connectivity index (χ1) is 12.8. The summed E-state index contributed by atoms with van der Waals surface area (Å²) in [5.74, 6) is -0.464. The van der Waals surface area contributed by atoms with Crippen molar-refractivity contribution in [2.75, 3.05) is 7.11 Å². The molecule has 1 heterocycles. The fourth-order valence-corrected chi connectivity index (χ4v) is 3.42. The number of aromatic nitrogens is 1. The zero-order valence-electron chi connectivity index (χ0n) is 14.4. The molecule has 1 aromatic heterocycles. The monoisotopic (exact) mass is 387 g/mol. The van der Waals surface area contributed by atoms with Crippen LogP contribution >= 0.6 is 0 Å². The number of benzene rings is 2. The number of esters is 1. The van der Waals surface area contributed by atoms with E-state index in [0.29, 0.717) is 22.2 Å². The van der Waals surface area contributed by atoms with Gasteiger partial charge in [0.15, 0.2) is 0 Å². The number of hydrogen-bond donors (Lipinski definition) is 2. The Bertz CT molecular complexity index is 1160. The number of hydrogen-bond acceptors (Lipinski definition) is 5. The Morgan fingerprint density at radius 3 is 2.37 bits per heavy atom. The number of carbonyl (C=O) groups excluding carboxylic acids is 1. The van der Waals surface area contributed by atoms with Crippen LogP contribution in [0, 0.1) is 0 Å². The predicted molar refractivity (Wildman–Crippen MR) is 99.4 cm³/mol. The van der Waals surface area contributed by atoms with Gasteiger partial charge in [-0.05, 0) is 29.3 Å². The zero-order valence-corrected chi connectivity index (χ0v) is 15.2. The van der Waals surface area contributed by atoms with Crippen LogP contribution in [0.2, 0.25) is 0 Å². The highest BCUT2D eigenvalue weighted by molar-refractivity contribution is 7.85. The highest BCUT2D eigenvalue weighted by Gasteiger charge is 2.17. The number of methoxy groups -OCH3 is 1. The van der Waals surface area contributed by atoms with Crippen molar-refractivity contribution >= 4 is 27.0 Å². The summed E-state index contributed by atoms with van der Waals surface area (Å²) in [5, 5.41) is 0.743. The average molecular weight is 387 g/mol. The molecule has 2 N–H and O–H groups in total. The van der Waals surface area contributed by atoms with Crippen molar-refractivity contribution in [1.29, 1.82) is 0 Å². The van der Waals surface area contributed by atoms with Gasteiger partial charge in [-0.2, -0.15) is 8.42 Å². The van der Waals surface area contributed by atoms with Crippen molar-refractivity contribution in [3.8, 4) is 0 Å². The van der Waals surface area contributed by atoms with E-state index in [9.17, 15) is 18.0 Å². The lowest BCUT2D eigenvalue weighted by Crippen LogP contribution is -2.19. The van der Waals surface area contributed by atoms with Gasteiger partial charge in [-0.3, -0.25) is 14.1 Å². The van der Waals surface area contributed by atoms with Gasteiger partial charge in [0.05, 0.1) is 18.4 Å². The number of para-hydroxylation sites is 1. The normalized spacial score (nSPS) is 11.5. The van der Waals surface area contributed by atoms with Crippen molar-refractivity contribution in [3.05, 3.63) is 75.6 Å². The first kappa shape index (κ1) is 18.8. The van der Waals surface area contributed by atoms with E-state index in [1.807, 2.05) is 12.1 Å². The Labute approximate surface area is 155 Å². The van der Waals surface area contributed by atoms with Crippen LogP contribution < -0.4 is 5.56 Å². The lowest BCUT2D eigenvalue weighted by Gasteiger charge is -2.12. The third-order valence-electron chi connectivity index (χ3n) is 4.29. The molecule has 0 unspecified atom stereocenters. The molecule has 3 rings (SSSR count). The van der Waals surface area contributed by atoms with Crippen molar-refractivity contribution in [1.82, 2.24) is 4.98 Å². The second-order valence-corrected chi connectivity index (χ2v) is 7.43. The summed E-state index contributed by atoms with van der Waals surface area (Å²) in [4.78, 5) is 27.1. The van der Waals surface area contributed by atoms with E-state index >= 15 is 0 Å². The number of rotatable bonds is 5. The molecular formula is C19H17NO6S. The van der Waals surface area contributed by atoms with Crippen LogP contribution in [-0.4, -0.2) is 31.0 Å². The van der Waals surface area contributed by atoms with E-state index in [0.717, 1.165) is 5.39 Å². The van der Waals surface area contributed by atoms with Crippen LogP contribution in [0.15, 0.2) is 58.2 Å². The Hall–Kier alpha value is -2.97. The molecule has 0 spiro atoms. The number of ether oxygens (including phenoxy) is 1. The molecule has 0 amide bonds. The Balaban J connectivity index is 2.10. The Kier molecular flexibility index (Phi) is 5.11. The second kappa shape index (κ2) is 7.34. The Morgan fingerprint density at radius 1 is 1.07 bits per heavy atom. The standard InChI is InChI=1S/C19H17NO6S/c1-26-18(21)11-15-14-4-2-3-5-17(14)20-19(22)16(15)10-12-6-8-13(9-7-12)27(23,24)25/h2-9H,10-11H2,1H3,(H,20,22)(H,23,24,25). The van der Waals surface area contributed by atoms with Crippen molar-refractivity contribution in [2.24, 2.45) is 0 Å². The molecule has 0 atom stereocenters. The summed E-state index contributed by atoms with van der Waals surface area (Å²) in [5.41, 5.74) is 1.92. The van der Waals surface area contributed by atoms with Gasteiger partial charge in [0.25, 0.3) is 15.7 Å². The first-order valence-corrected chi connectivity index (χ1v) is 9.49. The molecule has 140 valence electrons. The quantitative estimate of drug-likeness (QED) is 0.512. The summed E-state index contributed by atoms with van der Waals surface area (Å²) >= 11 is 0. The molecule has 0 radical (unpaired) electrons. The molecule has 0 aliphatic heterocycles. The highest BCUT2D eigenvalue weighted by Crippen LogP contribution is 2.22. The van der Waals surface area contributed by atoms with E-state index in [1.54, 1.807) is 12.1 Å². The lowest BCUT2D eigenvalue weighted by molar-refractivity contribution is -0.139. The summed E-state index contributed by atoms with van der Waals surface area (Å²) in [6, 6.07) is 12.7. The number of pyridine rings is 1. The summed E-state index contributed by atoms with van der Waals surface area (Å²) in [6.45, 7) is 0. The summed E-state index contributed by atoms with van der Waals surface area (Å²) in [6.07, 6.45) is 0.137. The highest BCUT2D eigenvalue weighted by atomic mass is 32.2. The number of fused-ring (bicyclic) bond motifs is 1. The third kappa shape index (κ3) is 4.07.